The summed E-state index contributed by atoms with van der Waals surface area (Å²) in [6, 6.07) is 0. The van der Waals surface area contributed by atoms with Crippen LogP contribution in [0.15, 0.2) is 0 Å². The summed E-state index contributed by atoms with van der Waals surface area (Å²) in [5, 5.41) is 8.85. The Labute approximate surface area is 118 Å². The van der Waals surface area contributed by atoms with Gasteiger partial charge in [0.25, 0.3) is 0 Å². The maximum absolute atomic E-state index is 13.9. The number of carbonyl (C=O) groups is 2. The third-order valence-electron chi connectivity index (χ3n) is 4.01. The summed E-state index contributed by atoms with van der Waals surface area (Å²) in [6.45, 7) is 6.37. The molecule has 1 aliphatic carbocycles. The van der Waals surface area contributed by atoms with Crippen molar-refractivity contribution in [2.45, 2.75) is 57.7 Å². The molecule has 1 amide bonds. The number of halogens is 1. The van der Waals surface area contributed by atoms with Gasteiger partial charge in [0.1, 0.15) is 5.60 Å². The maximum atomic E-state index is 13.9. The van der Waals surface area contributed by atoms with Crippen molar-refractivity contribution < 1.29 is 23.8 Å². The molecule has 0 aromatic carbocycles. The van der Waals surface area contributed by atoms with E-state index in [1.54, 1.807) is 25.7 Å². The Hall–Kier alpha value is -1.33. The first-order valence-corrected chi connectivity index (χ1v) is 6.96. The minimum atomic E-state index is -2.11. The van der Waals surface area contributed by atoms with E-state index in [0.29, 0.717) is 13.1 Å². The number of carbonyl (C=O) groups excluding carboxylic acids is 1. The largest absolute Gasteiger partial charge is 0.479 e. The zero-order chi connectivity index (χ0) is 15.2. The molecule has 0 atom stereocenters. The minimum Gasteiger partial charge on any atom is -0.479 e. The first-order valence-electron chi connectivity index (χ1n) is 6.96. The molecule has 20 heavy (non-hydrogen) atoms. The number of ether oxygens (including phenoxy) is 1. The summed E-state index contributed by atoms with van der Waals surface area (Å²) < 4.78 is 19.2. The predicted molar refractivity (Wildman–Crippen MR) is 70.2 cm³/mol. The van der Waals surface area contributed by atoms with Crippen molar-refractivity contribution in [3.63, 3.8) is 0 Å². The number of hydrogen-bond donors (Lipinski definition) is 1. The van der Waals surface area contributed by atoms with Crippen molar-refractivity contribution >= 4 is 12.1 Å². The van der Waals surface area contributed by atoms with Crippen LogP contribution >= 0.6 is 0 Å². The number of carboxylic acid groups (broad SMARTS) is 1. The average molecular weight is 287 g/mol. The zero-order valence-electron chi connectivity index (χ0n) is 12.2. The van der Waals surface area contributed by atoms with Crippen molar-refractivity contribution in [1.82, 2.24) is 4.90 Å². The van der Waals surface area contributed by atoms with Crippen LogP contribution in [0, 0.1) is 5.41 Å². The maximum Gasteiger partial charge on any atom is 0.410 e. The molecule has 1 spiro atoms. The lowest BCUT2D eigenvalue weighted by atomic mass is 9.57. The molecule has 0 bridgehead atoms. The first kappa shape index (κ1) is 15.1. The number of rotatable bonds is 1. The van der Waals surface area contributed by atoms with E-state index >= 15 is 0 Å². The Morgan fingerprint density at radius 1 is 1.30 bits per heavy atom. The molecule has 6 heteroatoms. The molecule has 1 saturated carbocycles. The highest BCUT2D eigenvalue weighted by molar-refractivity contribution is 5.79. The predicted octanol–water partition coefficient (Wildman–Crippen LogP) is 2.59. The van der Waals surface area contributed by atoms with Gasteiger partial charge in [-0.15, -0.1) is 0 Å². The van der Waals surface area contributed by atoms with Crippen molar-refractivity contribution in [3.05, 3.63) is 0 Å². The lowest BCUT2D eigenvalue weighted by Gasteiger charge is -2.53. The Morgan fingerprint density at radius 3 is 2.40 bits per heavy atom. The van der Waals surface area contributed by atoms with Crippen LogP contribution in [0.25, 0.3) is 0 Å². The molecule has 0 unspecified atom stereocenters. The van der Waals surface area contributed by atoms with Crippen LogP contribution in [-0.4, -0.2) is 46.4 Å². The number of hydrogen-bond acceptors (Lipinski definition) is 3. The summed E-state index contributed by atoms with van der Waals surface area (Å²) in [7, 11) is 0. The fourth-order valence-corrected chi connectivity index (χ4v) is 3.27. The Kier molecular flexibility index (Phi) is 3.47. The van der Waals surface area contributed by atoms with E-state index in [9.17, 15) is 14.0 Å². The lowest BCUT2D eigenvalue weighted by Crippen LogP contribution is -2.60. The Bertz CT molecular complexity index is 423. The van der Waals surface area contributed by atoms with Crippen LogP contribution in [0.4, 0.5) is 9.18 Å². The third kappa shape index (κ3) is 2.88. The summed E-state index contributed by atoms with van der Waals surface area (Å²) in [5.41, 5.74) is -3.06. The van der Waals surface area contributed by atoms with Crippen molar-refractivity contribution in [2.24, 2.45) is 5.41 Å². The van der Waals surface area contributed by atoms with Gasteiger partial charge in [-0.1, -0.05) is 0 Å². The van der Waals surface area contributed by atoms with Gasteiger partial charge in [0.15, 0.2) is 0 Å². The molecule has 114 valence electrons. The van der Waals surface area contributed by atoms with E-state index in [4.69, 9.17) is 9.84 Å². The smallest absolute Gasteiger partial charge is 0.410 e. The van der Waals surface area contributed by atoms with Crippen molar-refractivity contribution in [3.8, 4) is 0 Å². The summed E-state index contributed by atoms with van der Waals surface area (Å²) in [6.07, 6.45) is 1.12. The number of nitrogens with zero attached hydrogens (tertiary/aromatic N) is 1. The number of carboxylic acids is 1. The van der Waals surface area contributed by atoms with Gasteiger partial charge in [-0.3, -0.25) is 0 Å². The first-order chi connectivity index (χ1) is 9.05. The van der Waals surface area contributed by atoms with Gasteiger partial charge in [0.05, 0.1) is 0 Å². The van der Waals surface area contributed by atoms with E-state index in [2.05, 4.69) is 0 Å². The van der Waals surface area contributed by atoms with Crippen LogP contribution in [-0.2, 0) is 9.53 Å². The third-order valence-corrected chi connectivity index (χ3v) is 4.01. The van der Waals surface area contributed by atoms with Gasteiger partial charge in [0, 0.05) is 13.1 Å². The number of amides is 1. The molecule has 5 nitrogen and oxygen atoms in total. The molecule has 2 aliphatic rings. The SMILES string of the molecule is CC(C)(C)OC(=O)N1CCCC2(C1)CC(F)(C(=O)O)C2. The van der Waals surface area contributed by atoms with E-state index in [1.807, 2.05) is 0 Å². The van der Waals surface area contributed by atoms with E-state index in [1.165, 1.54) is 0 Å². The highest BCUT2D eigenvalue weighted by Crippen LogP contribution is 2.55. The summed E-state index contributed by atoms with van der Waals surface area (Å²) >= 11 is 0. The van der Waals surface area contributed by atoms with Crippen LogP contribution in [0.2, 0.25) is 0 Å². The highest BCUT2D eigenvalue weighted by atomic mass is 19.1. The van der Waals surface area contributed by atoms with Crippen molar-refractivity contribution in [2.75, 3.05) is 13.1 Å². The summed E-state index contributed by atoms with van der Waals surface area (Å²) in [5.74, 6) is -1.39. The van der Waals surface area contributed by atoms with E-state index in [-0.39, 0.29) is 18.3 Å². The van der Waals surface area contributed by atoms with Gasteiger partial charge >= 0.3 is 12.1 Å². The number of piperidine rings is 1. The second kappa shape index (κ2) is 4.60. The normalized spacial score (nSPS) is 33.7. The molecule has 1 N–H and O–H groups in total. The molecule has 1 heterocycles. The molecule has 2 rings (SSSR count). The number of aliphatic carboxylic acids is 1. The molecule has 2 fully saturated rings. The Balaban J connectivity index is 1.97. The summed E-state index contributed by atoms with van der Waals surface area (Å²) in [4.78, 5) is 24.5. The van der Waals surface area contributed by atoms with Crippen LogP contribution in [0.1, 0.15) is 46.5 Å². The molecule has 0 aromatic heterocycles. The second-order valence-electron chi connectivity index (χ2n) is 7.13. The Morgan fingerprint density at radius 2 is 1.90 bits per heavy atom. The average Bonchev–Trinajstić information content (AvgIpc) is 2.24. The highest BCUT2D eigenvalue weighted by Gasteiger charge is 2.61. The van der Waals surface area contributed by atoms with Gasteiger partial charge in [-0.05, 0) is 51.9 Å². The second-order valence-corrected chi connectivity index (χ2v) is 7.13. The van der Waals surface area contributed by atoms with Crippen LogP contribution in [0.3, 0.4) is 0 Å². The van der Waals surface area contributed by atoms with E-state index in [0.717, 1.165) is 12.8 Å². The molecule has 1 aliphatic heterocycles. The van der Waals surface area contributed by atoms with Gasteiger partial charge in [0.2, 0.25) is 5.67 Å². The topological polar surface area (TPSA) is 66.8 Å². The van der Waals surface area contributed by atoms with Gasteiger partial charge in [-0.2, -0.15) is 0 Å². The van der Waals surface area contributed by atoms with Crippen LogP contribution in [0.5, 0.6) is 0 Å². The molecular formula is C14H22FNO4. The molecular weight excluding hydrogens is 265 g/mol. The van der Waals surface area contributed by atoms with Crippen molar-refractivity contribution in [1.29, 1.82) is 0 Å². The minimum absolute atomic E-state index is 0.00533. The standard InChI is InChI=1S/C14H22FNO4/c1-12(2,3)20-11(19)16-6-4-5-13(9-16)7-14(15,8-13)10(17)18/h4-9H2,1-3H3,(H,17,18). The van der Waals surface area contributed by atoms with Gasteiger partial charge < -0.3 is 14.7 Å². The van der Waals surface area contributed by atoms with Crippen LogP contribution < -0.4 is 0 Å². The molecule has 0 radical (unpaired) electrons. The van der Waals surface area contributed by atoms with E-state index < -0.39 is 23.3 Å². The lowest BCUT2D eigenvalue weighted by molar-refractivity contribution is -0.174. The van der Waals surface area contributed by atoms with Gasteiger partial charge in [-0.25, -0.2) is 14.0 Å². The molecule has 0 aromatic rings. The number of likely N-dealkylation sites (tertiary alicyclic amines) is 1. The number of alkyl halides is 1. The monoisotopic (exact) mass is 287 g/mol. The molecule has 1 saturated heterocycles. The fourth-order valence-electron chi connectivity index (χ4n) is 3.27. The quantitative estimate of drug-likeness (QED) is 0.805. The zero-order valence-corrected chi connectivity index (χ0v) is 12.2. The fraction of sp³-hybridized carbons (Fsp3) is 0.857.